The van der Waals surface area contributed by atoms with Crippen LogP contribution in [-0.4, -0.2) is 15.7 Å². The fourth-order valence-electron chi connectivity index (χ4n) is 1.86. The van der Waals surface area contributed by atoms with E-state index in [-0.39, 0.29) is 17.8 Å². The van der Waals surface area contributed by atoms with Gasteiger partial charge in [-0.15, -0.1) is 0 Å². The van der Waals surface area contributed by atoms with E-state index in [2.05, 4.69) is 10.4 Å². The smallest absolute Gasteiger partial charge is 0.244 e. The Labute approximate surface area is 116 Å². The first-order chi connectivity index (χ1) is 9.56. The van der Waals surface area contributed by atoms with Crippen LogP contribution in [-0.2, 0) is 11.8 Å². The summed E-state index contributed by atoms with van der Waals surface area (Å²) in [5.74, 6) is -0.596. The average molecular weight is 273 g/mol. The third-order valence-electron chi connectivity index (χ3n) is 2.88. The van der Waals surface area contributed by atoms with E-state index in [1.165, 1.54) is 12.1 Å². The number of nitrogens with one attached hydrogen (secondary N) is 1. The number of aromatic nitrogens is 2. The Morgan fingerprint density at radius 1 is 1.45 bits per heavy atom. The molecule has 1 N–H and O–H groups in total. The van der Waals surface area contributed by atoms with Crippen LogP contribution in [0.15, 0.2) is 42.7 Å². The molecule has 0 fully saturated rings. The molecule has 1 amide bonds. The van der Waals surface area contributed by atoms with Gasteiger partial charge in [0.2, 0.25) is 5.91 Å². The fraction of sp³-hybridized carbons (Fsp3) is 0.200. The molecule has 1 unspecified atom stereocenters. The summed E-state index contributed by atoms with van der Waals surface area (Å²) in [5, 5.41) is 6.72. The third-order valence-corrected chi connectivity index (χ3v) is 2.88. The van der Waals surface area contributed by atoms with Crippen LogP contribution in [0.4, 0.5) is 4.39 Å². The summed E-state index contributed by atoms with van der Waals surface area (Å²) in [6.45, 7) is 1.74. The molecular formula is C15H16FN3O. The Hall–Kier alpha value is -2.43. The summed E-state index contributed by atoms with van der Waals surface area (Å²) in [6.07, 6.45) is 6.53. The van der Waals surface area contributed by atoms with E-state index in [1.807, 2.05) is 0 Å². The van der Waals surface area contributed by atoms with E-state index in [0.717, 1.165) is 5.56 Å². The number of hydrogen-bond acceptors (Lipinski definition) is 2. The lowest BCUT2D eigenvalue weighted by Crippen LogP contribution is -2.25. The Bertz CT molecular complexity index is 634. The molecule has 0 radical (unpaired) electrons. The van der Waals surface area contributed by atoms with Crippen molar-refractivity contribution in [3.63, 3.8) is 0 Å². The lowest BCUT2D eigenvalue weighted by atomic mass is 10.1. The van der Waals surface area contributed by atoms with Crippen LogP contribution in [0.1, 0.15) is 24.1 Å². The summed E-state index contributed by atoms with van der Waals surface area (Å²) in [5.41, 5.74) is 1.30. The molecule has 0 spiro atoms. The molecule has 0 aliphatic carbocycles. The predicted octanol–water partition coefficient (Wildman–Crippen LogP) is 2.45. The molecule has 0 aliphatic rings. The van der Waals surface area contributed by atoms with Crippen LogP contribution in [0.2, 0.25) is 0 Å². The lowest BCUT2D eigenvalue weighted by Gasteiger charge is -2.13. The Morgan fingerprint density at radius 3 is 2.85 bits per heavy atom. The van der Waals surface area contributed by atoms with Crippen molar-refractivity contribution in [3.05, 3.63) is 59.7 Å². The molecule has 0 saturated heterocycles. The monoisotopic (exact) mass is 273 g/mol. The molecule has 0 aliphatic heterocycles. The molecule has 1 atom stereocenters. The SMILES string of the molecule is CC(NC(=O)/C=C/c1cnn(C)c1)c1ccccc1F. The standard InChI is InChI=1S/C15H16FN3O/c1-11(13-5-3-4-6-14(13)16)18-15(20)8-7-12-9-17-19(2)10-12/h3-11H,1-2H3,(H,18,20)/b8-7+. The van der Waals surface area contributed by atoms with Crippen molar-refractivity contribution in [3.8, 4) is 0 Å². The van der Waals surface area contributed by atoms with Gasteiger partial charge in [0.15, 0.2) is 0 Å². The van der Waals surface area contributed by atoms with Crippen molar-refractivity contribution in [2.75, 3.05) is 0 Å². The maximum Gasteiger partial charge on any atom is 0.244 e. The van der Waals surface area contributed by atoms with Crippen LogP contribution in [0.25, 0.3) is 6.08 Å². The van der Waals surface area contributed by atoms with Crippen LogP contribution in [0.3, 0.4) is 0 Å². The minimum atomic E-state index is -0.387. The van der Waals surface area contributed by atoms with Crippen molar-refractivity contribution in [2.24, 2.45) is 7.05 Å². The van der Waals surface area contributed by atoms with Gasteiger partial charge in [0, 0.05) is 30.4 Å². The molecule has 20 heavy (non-hydrogen) atoms. The van der Waals surface area contributed by atoms with E-state index in [0.29, 0.717) is 5.56 Å². The van der Waals surface area contributed by atoms with Crippen LogP contribution >= 0.6 is 0 Å². The van der Waals surface area contributed by atoms with Crippen LogP contribution in [0, 0.1) is 5.82 Å². The molecule has 1 heterocycles. The third kappa shape index (κ3) is 3.54. The van der Waals surface area contributed by atoms with Gasteiger partial charge in [-0.1, -0.05) is 18.2 Å². The van der Waals surface area contributed by atoms with Gasteiger partial charge in [0.05, 0.1) is 12.2 Å². The van der Waals surface area contributed by atoms with Gasteiger partial charge in [-0.3, -0.25) is 9.48 Å². The normalized spacial score (nSPS) is 12.6. The highest BCUT2D eigenvalue weighted by Crippen LogP contribution is 2.15. The van der Waals surface area contributed by atoms with Crippen molar-refractivity contribution >= 4 is 12.0 Å². The molecule has 1 aromatic carbocycles. The number of benzene rings is 1. The topological polar surface area (TPSA) is 46.9 Å². The van der Waals surface area contributed by atoms with Gasteiger partial charge in [0.1, 0.15) is 5.82 Å². The van der Waals surface area contributed by atoms with Crippen molar-refractivity contribution in [1.29, 1.82) is 0 Å². The summed E-state index contributed by atoms with van der Waals surface area (Å²) in [7, 11) is 1.80. The second-order valence-corrected chi connectivity index (χ2v) is 4.53. The van der Waals surface area contributed by atoms with E-state index < -0.39 is 0 Å². The summed E-state index contributed by atoms with van der Waals surface area (Å²) in [6, 6.07) is 6.01. The Morgan fingerprint density at radius 2 is 2.20 bits per heavy atom. The molecule has 2 aromatic rings. The van der Waals surface area contributed by atoms with Gasteiger partial charge >= 0.3 is 0 Å². The van der Waals surface area contributed by atoms with Crippen LogP contribution < -0.4 is 5.32 Å². The molecule has 1 aromatic heterocycles. The second kappa shape index (κ2) is 6.14. The fourth-order valence-corrected chi connectivity index (χ4v) is 1.86. The number of aryl methyl sites for hydroxylation is 1. The average Bonchev–Trinajstić information content (AvgIpc) is 2.82. The minimum Gasteiger partial charge on any atom is -0.346 e. The summed E-state index contributed by atoms with van der Waals surface area (Å²) in [4.78, 5) is 11.8. The highest BCUT2D eigenvalue weighted by atomic mass is 19.1. The maximum atomic E-state index is 13.6. The zero-order valence-electron chi connectivity index (χ0n) is 11.4. The van der Waals surface area contributed by atoms with E-state index in [9.17, 15) is 9.18 Å². The molecular weight excluding hydrogens is 257 g/mol. The summed E-state index contributed by atoms with van der Waals surface area (Å²) >= 11 is 0. The Kier molecular flexibility index (Phi) is 4.30. The van der Waals surface area contributed by atoms with Crippen molar-refractivity contribution in [1.82, 2.24) is 15.1 Å². The molecule has 4 nitrogen and oxygen atoms in total. The lowest BCUT2D eigenvalue weighted by molar-refractivity contribution is -0.117. The first-order valence-electron chi connectivity index (χ1n) is 6.28. The number of hydrogen-bond donors (Lipinski definition) is 1. The highest BCUT2D eigenvalue weighted by molar-refractivity contribution is 5.91. The van der Waals surface area contributed by atoms with Crippen molar-refractivity contribution in [2.45, 2.75) is 13.0 Å². The quantitative estimate of drug-likeness (QED) is 0.870. The van der Waals surface area contributed by atoms with Gasteiger partial charge < -0.3 is 5.32 Å². The largest absolute Gasteiger partial charge is 0.346 e. The minimum absolute atomic E-state index is 0.274. The molecule has 104 valence electrons. The number of amides is 1. The summed E-state index contributed by atoms with van der Waals surface area (Å²) < 4.78 is 15.2. The highest BCUT2D eigenvalue weighted by Gasteiger charge is 2.11. The van der Waals surface area contributed by atoms with Gasteiger partial charge in [-0.2, -0.15) is 5.10 Å². The van der Waals surface area contributed by atoms with Crippen LogP contribution in [0.5, 0.6) is 0 Å². The zero-order valence-corrected chi connectivity index (χ0v) is 11.4. The first-order valence-corrected chi connectivity index (χ1v) is 6.28. The molecule has 0 saturated carbocycles. The molecule has 5 heteroatoms. The molecule has 0 bridgehead atoms. The predicted molar refractivity (Wildman–Crippen MR) is 75.2 cm³/mol. The number of carbonyl (C=O) groups excluding carboxylic acids is 1. The number of carbonyl (C=O) groups is 1. The zero-order chi connectivity index (χ0) is 14.5. The number of rotatable bonds is 4. The van der Waals surface area contributed by atoms with E-state index in [4.69, 9.17) is 0 Å². The molecule has 2 rings (SSSR count). The Balaban J connectivity index is 1.98. The van der Waals surface area contributed by atoms with E-state index in [1.54, 1.807) is 55.3 Å². The van der Waals surface area contributed by atoms with E-state index >= 15 is 0 Å². The van der Waals surface area contributed by atoms with Gasteiger partial charge in [0.25, 0.3) is 0 Å². The number of nitrogens with zero attached hydrogens (tertiary/aromatic N) is 2. The maximum absolute atomic E-state index is 13.6. The number of halogens is 1. The first kappa shape index (κ1) is 14.0. The van der Waals surface area contributed by atoms with Crippen molar-refractivity contribution < 1.29 is 9.18 Å². The van der Waals surface area contributed by atoms with Gasteiger partial charge in [-0.05, 0) is 19.1 Å². The van der Waals surface area contributed by atoms with Gasteiger partial charge in [-0.25, -0.2) is 4.39 Å². The second-order valence-electron chi connectivity index (χ2n) is 4.53.